The van der Waals surface area contributed by atoms with E-state index in [1.807, 2.05) is 6.92 Å². The Bertz CT molecular complexity index is 1350. The van der Waals surface area contributed by atoms with Gasteiger partial charge < -0.3 is 4.90 Å². The topological polar surface area (TPSA) is 101 Å². The highest BCUT2D eigenvalue weighted by atomic mass is 32.2. The van der Waals surface area contributed by atoms with Gasteiger partial charge in [-0.25, -0.2) is 19.2 Å². The molecule has 2 aliphatic carbocycles. The van der Waals surface area contributed by atoms with E-state index in [1.54, 1.807) is 28.6 Å². The van der Waals surface area contributed by atoms with Gasteiger partial charge in [-0.1, -0.05) is 23.9 Å². The molecule has 10 heteroatoms. The van der Waals surface area contributed by atoms with Crippen LogP contribution in [-0.4, -0.2) is 43.1 Å². The minimum Gasteiger partial charge on any atom is -0.338 e. The van der Waals surface area contributed by atoms with Crippen LogP contribution in [0.25, 0.3) is 11.0 Å². The van der Waals surface area contributed by atoms with Gasteiger partial charge in [0, 0.05) is 19.0 Å². The number of carbonyl (C=O) groups excluding carboxylic acids is 1. The Morgan fingerprint density at radius 1 is 1.21 bits per heavy atom. The second-order valence-electron chi connectivity index (χ2n) is 8.74. The van der Waals surface area contributed by atoms with Crippen molar-refractivity contribution in [2.75, 3.05) is 12.8 Å². The minimum atomic E-state index is -0.530. The van der Waals surface area contributed by atoms with Gasteiger partial charge in [0.05, 0.1) is 11.8 Å². The van der Waals surface area contributed by atoms with Crippen molar-refractivity contribution >= 4 is 28.7 Å². The lowest BCUT2D eigenvalue weighted by Gasteiger charge is -2.25. The van der Waals surface area contributed by atoms with Crippen LogP contribution in [0.4, 0.5) is 4.39 Å². The summed E-state index contributed by atoms with van der Waals surface area (Å²) in [5, 5.41) is 0.687. The van der Waals surface area contributed by atoms with Crippen molar-refractivity contribution in [2.24, 2.45) is 0 Å². The van der Waals surface area contributed by atoms with E-state index in [0.29, 0.717) is 16.5 Å². The number of amides is 1. The Morgan fingerprint density at radius 2 is 1.91 bits per heavy atom. The molecule has 0 saturated heterocycles. The first kappa shape index (κ1) is 21.8. The number of nitrogens with zero attached hydrogens (tertiary/aromatic N) is 4. The molecule has 2 fully saturated rings. The van der Waals surface area contributed by atoms with Crippen molar-refractivity contribution in [3.63, 3.8) is 0 Å². The van der Waals surface area contributed by atoms with Gasteiger partial charge in [0.25, 0.3) is 5.56 Å². The van der Waals surface area contributed by atoms with E-state index in [0.717, 1.165) is 31.2 Å². The van der Waals surface area contributed by atoms with Gasteiger partial charge in [-0.15, -0.1) is 0 Å². The molecule has 172 valence electrons. The summed E-state index contributed by atoms with van der Waals surface area (Å²) in [6, 6.07) is 5.86. The number of rotatable bonds is 7. The lowest BCUT2D eigenvalue weighted by atomic mass is 10.1. The molecular formula is C23H24FN5O3S. The molecule has 3 aromatic rings. The minimum absolute atomic E-state index is 0.0426. The summed E-state index contributed by atoms with van der Waals surface area (Å²) >= 11 is 1.18. The molecule has 0 spiro atoms. The molecular weight excluding hydrogens is 445 g/mol. The van der Waals surface area contributed by atoms with Crippen LogP contribution in [0.15, 0.2) is 38.9 Å². The monoisotopic (exact) mass is 469 g/mol. The van der Waals surface area contributed by atoms with Crippen molar-refractivity contribution < 1.29 is 9.18 Å². The van der Waals surface area contributed by atoms with Gasteiger partial charge in [-0.2, -0.15) is 0 Å². The number of aromatic nitrogens is 4. The summed E-state index contributed by atoms with van der Waals surface area (Å²) in [5.74, 6) is 0.453. The molecule has 2 aliphatic rings. The van der Waals surface area contributed by atoms with Crippen LogP contribution in [0, 0.1) is 5.82 Å². The van der Waals surface area contributed by atoms with E-state index in [4.69, 9.17) is 0 Å². The highest BCUT2D eigenvalue weighted by molar-refractivity contribution is 8.00. The number of halogens is 1. The summed E-state index contributed by atoms with van der Waals surface area (Å²) < 4.78 is 14.8. The van der Waals surface area contributed by atoms with Crippen LogP contribution in [-0.2, 0) is 4.79 Å². The van der Waals surface area contributed by atoms with Crippen LogP contribution in [0.3, 0.4) is 0 Å². The van der Waals surface area contributed by atoms with E-state index >= 15 is 0 Å². The average molecular weight is 470 g/mol. The summed E-state index contributed by atoms with van der Waals surface area (Å²) in [7, 11) is 1.70. The van der Waals surface area contributed by atoms with Gasteiger partial charge in [-0.3, -0.25) is 19.1 Å². The number of nitrogens with one attached hydrogen (secondary N) is 1. The number of fused-ring (bicyclic) bond motifs is 1. The third kappa shape index (κ3) is 4.31. The summed E-state index contributed by atoms with van der Waals surface area (Å²) in [4.78, 5) is 51.4. The fraction of sp³-hybridized carbons (Fsp3) is 0.435. The number of hydrogen-bond acceptors (Lipinski definition) is 6. The molecule has 2 heterocycles. The van der Waals surface area contributed by atoms with Gasteiger partial charge in [0.2, 0.25) is 5.91 Å². The zero-order valence-corrected chi connectivity index (χ0v) is 19.2. The van der Waals surface area contributed by atoms with Crippen molar-refractivity contribution in [3.05, 3.63) is 62.3 Å². The average Bonchev–Trinajstić information content (AvgIpc) is 3.69. The lowest BCUT2D eigenvalue weighted by molar-refractivity contribution is -0.128. The molecule has 1 aromatic carbocycles. The molecule has 0 aliphatic heterocycles. The van der Waals surface area contributed by atoms with Gasteiger partial charge in [0.1, 0.15) is 22.1 Å². The normalized spacial score (nSPS) is 16.7. The van der Waals surface area contributed by atoms with E-state index in [1.165, 1.54) is 23.9 Å². The van der Waals surface area contributed by atoms with Crippen LogP contribution < -0.4 is 11.2 Å². The summed E-state index contributed by atoms with van der Waals surface area (Å²) in [6.07, 6.45) is 3.69. The third-order valence-electron chi connectivity index (χ3n) is 6.28. The molecule has 8 nitrogen and oxygen atoms in total. The first-order valence-corrected chi connectivity index (χ1v) is 12.0. The molecule has 5 rings (SSSR count). The highest BCUT2D eigenvalue weighted by Gasteiger charge is 2.32. The van der Waals surface area contributed by atoms with Crippen molar-refractivity contribution in [3.8, 4) is 0 Å². The van der Waals surface area contributed by atoms with Crippen LogP contribution in [0.1, 0.15) is 62.0 Å². The molecule has 1 N–H and O–H groups in total. The van der Waals surface area contributed by atoms with Crippen molar-refractivity contribution in [2.45, 2.75) is 55.6 Å². The Kier molecular flexibility index (Phi) is 5.55. The quantitative estimate of drug-likeness (QED) is 0.421. The maximum absolute atomic E-state index is 13.2. The summed E-state index contributed by atoms with van der Waals surface area (Å²) in [5.41, 5.74) is 0.212. The Balaban J connectivity index is 1.44. The summed E-state index contributed by atoms with van der Waals surface area (Å²) in [6.45, 7) is 1.88. The fourth-order valence-corrected chi connectivity index (χ4v) is 4.80. The number of thioether (sulfide) groups is 1. The second kappa shape index (κ2) is 8.40. The smallest absolute Gasteiger partial charge is 0.330 e. The number of benzene rings is 1. The highest BCUT2D eigenvalue weighted by Crippen LogP contribution is 2.41. The van der Waals surface area contributed by atoms with Gasteiger partial charge in [-0.05, 0) is 50.3 Å². The molecule has 0 radical (unpaired) electrons. The predicted octanol–water partition coefficient (Wildman–Crippen LogP) is 3.14. The largest absolute Gasteiger partial charge is 0.338 e. The van der Waals surface area contributed by atoms with E-state index in [2.05, 4.69) is 15.0 Å². The molecule has 0 bridgehead atoms. The van der Waals surface area contributed by atoms with Crippen molar-refractivity contribution in [1.82, 2.24) is 24.4 Å². The molecule has 1 unspecified atom stereocenters. The molecule has 1 atom stereocenters. The van der Waals surface area contributed by atoms with Crippen molar-refractivity contribution in [1.29, 1.82) is 0 Å². The fourth-order valence-electron chi connectivity index (χ4n) is 3.85. The number of aromatic amines is 1. The number of hydrogen-bond donors (Lipinski definition) is 1. The van der Waals surface area contributed by atoms with Crippen LogP contribution in [0.5, 0.6) is 0 Å². The molecule has 33 heavy (non-hydrogen) atoms. The van der Waals surface area contributed by atoms with E-state index < -0.39 is 11.2 Å². The number of carbonyl (C=O) groups is 1. The lowest BCUT2D eigenvalue weighted by Crippen LogP contribution is -2.32. The van der Waals surface area contributed by atoms with Gasteiger partial charge >= 0.3 is 5.69 Å². The standard InChI is InChI=1S/C23H24FN5O3S/c1-12(13-5-7-15(24)8-6-13)28(2)17(30)11-33-22-18-20(25-19(26-22)14-3-4-14)29(16-9-10-16)23(32)27-21(18)31/h5-8,12,14,16H,3-4,9-11H2,1-2H3,(H,27,31,32). The zero-order valence-electron chi connectivity index (χ0n) is 18.4. The first-order valence-electron chi connectivity index (χ1n) is 11.0. The Morgan fingerprint density at radius 3 is 2.55 bits per heavy atom. The third-order valence-corrected chi connectivity index (χ3v) is 7.24. The first-order chi connectivity index (χ1) is 15.8. The van der Waals surface area contributed by atoms with Crippen LogP contribution >= 0.6 is 11.8 Å². The van der Waals surface area contributed by atoms with Gasteiger partial charge in [0.15, 0.2) is 5.65 Å². The maximum Gasteiger partial charge on any atom is 0.330 e. The van der Waals surface area contributed by atoms with E-state index in [9.17, 15) is 18.8 Å². The predicted molar refractivity (Wildman–Crippen MR) is 123 cm³/mol. The zero-order chi connectivity index (χ0) is 23.3. The Hall–Kier alpha value is -3.01. The maximum atomic E-state index is 13.2. The number of H-pyrrole nitrogens is 1. The SMILES string of the molecule is CC(c1ccc(F)cc1)N(C)C(=O)CSc1nc(C2CC2)nc2c1c(=O)[nH]c(=O)n2C1CC1. The second-order valence-corrected chi connectivity index (χ2v) is 9.71. The van der Waals surface area contributed by atoms with Crippen LogP contribution in [0.2, 0.25) is 0 Å². The molecule has 2 aromatic heterocycles. The Labute approximate surface area is 193 Å². The molecule has 2 saturated carbocycles. The molecule has 1 amide bonds. The van der Waals surface area contributed by atoms with E-state index in [-0.39, 0.29) is 40.9 Å².